The van der Waals surface area contributed by atoms with Crippen molar-refractivity contribution >= 4 is 17.8 Å². The van der Waals surface area contributed by atoms with Crippen LogP contribution in [0.2, 0.25) is 0 Å². The summed E-state index contributed by atoms with van der Waals surface area (Å²) < 4.78 is 5.52. The molecule has 0 bridgehead atoms. The molecule has 1 heterocycles. The van der Waals surface area contributed by atoms with Gasteiger partial charge in [-0.2, -0.15) is 0 Å². The summed E-state index contributed by atoms with van der Waals surface area (Å²) in [5.41, 5.74) is 0. The maximum atomic E-state index is 11.3. The van der Waals surface area contributed by atoms with Crippen molar-refractivity contribution in [3.05, 3.63) is 0 Å². The second kappa shape index (κ2) is 8.49. The fraction of sp³-hybridized carbons (Fsp3) is 0.750. The number of carboxylic acids is 2. The number of ether oxygens (including phenoxy) is 1. The van der Waals surface area contributed by atoms with Crippen molar-refractivity contribution in [3.63, 3.8) is 0 Å². The number of nitrogens with one attached hydrogen (secondary N) is 2. The van der Waals surface area contributed by atoms with E-state index in [0.717, 1.165) is 38.8 Å². The predicted octanol–water partition coefficient (Wildman–Crippen LogP) is -0.811. The molecular weight excluding hydrogens is 268 g/mol. The molecule has 4 N–H and O–H groups in total. The molecule has 2 aliphatic rings. The number of hydrogen-bond acceptors (Lipinski definition) is 5. The molecule has 0 aromatic heterocycles. The van der Waals surface area contributed by atoms with Crippen LogP contribution in [-0.4, -0.2) is 59.9 Å². The Balaban J connectivity index is 0.000000286. The third-order valence-electron chi connectivity index (χ3n) is 2.86. The second-order valence-electron chi connectivity index (χ2n) is 4.71. The van der Waals surface area contributed by atoms with Crippen LogP contribution < -0.4 is 10.6 Å². The van der Waals surface area contributed by atoms with Crippen LogP contribution in [0.1, 0.15) is 25.7 Å². The van der Waals surface area contributed by atoms with Gasteiger partial charge in [0.15, 0.2) is 0 Å². The topological polar surface area (TPSA) is 125 Å². The Labute approximate surface area is 116 Å². The number of hydrogen-bond donors (Lipinski definition) is 4. The lowest BCUT2D eigenvalue weighted by molar-refractivity contribution is -0.159. The molecule has 1 saturated heterocycles. The van der Waals surface area contributed by atoms with Gasteiger partial charge in [0.1, 0.15) is 6.61 Å². The van der Waals surface area contributed by atoms with Gasteiger partial charge < -0.3 is 25.6 Å². The lowest BCUT2D eigenvalue weighted by Gasteiger charge is -2.22. The van der Waals surface area contributed by atoms with Crippen molar-refractivity contribution in [2.75, 3.05) is 19.7 Å². The number of carbonyl (C=O) groups is 3. The Bertz CT molecular complexity index is 338. The van der Waals surface area contributed by atoms with E-state index >= 15 is 0 Å². The summed E-state index contributed by atoms with van der Waals surface area (Å²) in [5.74, 6) is -3.60. The van der Waals surface area contributed by atoms with E-state index in [-0.39, 0.29) is 18.6 Å². The summed E-state index contributed by atoms with van der Waals surface area (Å²) in [5, 5.41) is 21.0. The molecule has 0 radical (unpaired) electrons. The van der Waals surface area contributed by atoms with Gasteiger partial charge in [-0.1, -0.05) is 0 Å². The van der Waals surface area contributed by atoms with Crippen molar-refractivity contribution in [3.8, 4) is 0 Å². The van der Waals surface area contributed by atoms with E-state index < -0.39 is 11.9 Å². The molecule has 2 fully saturated rings. The molecule has 0 unspecified atom stereocenters. The van der Waals surface area contributed by atoms with Gasteiger partial charge in [0.25, 0.3) is 0 Å². The molecule has 0 aromatic rings. The molecule has 1 amide bonds. The minimum absolute atomic E-state index is 0.0473. The lowest BCUT2D eigenvalue weighted by Crippen LogP contribution is -2.36. The summed E-state index contributed by atoms with van der Waals surface area (Å²) in [4.78, 5) is 29.5. The Hall–Kier alpha value is -1.67. The third-order valence-corrected chi connectivity index (χ3v) is 2.86. The van der Waals surface area contributed by atoms with E-state index in [1.54, 1.807) is 0 Å². The molecule has 8 nitrogen and oxygen atoms in total. The molecule has 0 atom stereocenters. The van der Waals surface area contributed by atoms with E-state index in [1.807, 2.05) is 0 Å². The van der Waals surface area contributed by atoms with Crippen molar-refractivity contribution in [2.45, 2.75) is 37.8 Å². The zero-order chi connectivity index (χ0) is 15.0. The number of carbonyl (C=O) groups excluding carboxylic acids is 1. The van der Waals surface area contributed by atoms with Gasteiger partial charge in [0.05, 0.1) is 6.10 Å². The molecule has 114 valence electrons. The average molecular weight is 288 g/mol. The summed E-state index contributed by atoms with van der Waals surface area (Å²) >= 11 is 0. The molecule has 1 aliphatic heterocycles. The van der Waals surface area contributed by atoms with E-state index in [9.17, 15) is 4.79 Å². The van der Waals surface area contributed by atoms with Gasteiger partial charge in [-0.05, 0) is 38.8 Å². The summed E-state index contributed by atoms with van der Waals surface area (Å²) in [6, 6.07) is 0.444. The first kappa shape index (κ1) is 16.4. The fourth-order valence-electron chi connectivity index (χ4n) is 1.65. The number of piperidine rings is 1. The minimum Gasteiger partial charge on any atom is -0.473 e. The quantitative estimate of drug-likeness (QED) is 0.498. The molecule has 20 heavy (non-hydrogen) atoms. The Morgan fingerprint density at radius 3 is 2.05 bits per heavy atom. The van der Waals surface area contributed by atoms with Crippen LogP contribution in [0.5, 0.6) is 0 Å². The summed E-state index contributed by atoms with van der Waals surface area (Å²) in [6.07, 6.45) is 4.60. The first-order valence-corrected chi connectivity index (χ1v) is 6.57. The highest BCUT2D eigenvalue weighted by Gasteiger charge is 2.23. The molecule has 1 aliphatic carbocycles. The Morgan fingerprint density at radius 1 is 1.05 bits per heavy atom. The smallest absolute Gasteiger partial charge is 0.414 e. The Morgan fingerprint density at radius 2 is 1.60 bits per heavy atom. The van der Waals surface area contributed by atoms with Gasteiger partial charge in [-0.3, -0.25) is 4.79 Å². The monoisotopic (exact) mass is 288 g/mol. The number of carboxylic acid groups (broad SMARTS) is 2. The largest absolute Gasteiger partial charge is 0.473 e. The van der Waals surface area contributed by atoms with Crippen LogP contribution in [0.25, 0.3) is 0 Å². The van der Waals surface area contributed by atoms with Gasteiger partial charge in [-0.15, -0.1) is 0 Å². The van der Waals surface area contributed by atoms with Crippen LogP contribution in [0.4, 0.5) is 0 Å². The highest BCUT2D eigenvalue weighted by molar-refractivity contribution is 6.27. The van der Waals surface area contributed by atoms with Gasteiger partial charge in [0.2, 0.25) is 5.91 Å². The standard InChI is InChI=1S/C10H18N2O2.C2H2O4/c13-10(12-8-1-2-8)7-14-9-3-5-11-6-4-9;3-1(4)2(5)6/h8-9,11H,1-7H2,(H,12,13);(H,3,4)(H,5,6). The van der Waals surface area contributed by atoms with Gasteiger partial charge >= 0.3 is 11.9 Å². The molecule has 8 heteroatoms. The first-order valence-electron chi connectivity index (χ1n) is 6.57. The van der Waals surface area contributed by atoms with Crippen LogP contribution in [-0.2, 0) is 19.1 Å². The van der Waals surface area contributed by atoms with Crippen molar-refractivity contribution < 1.29 is 29.3 Å². The maximum Gasteiger partial charge on any atom is 0.414 e. The minimum atomic E-state index is -1.82. The second-order valence-corrected chi connectivity index (χ2v) is 4.71. The zero-order valence-corrected chi connectivity index (χ0v) is 11.1. The van der Waals surface area contributed by atoms with Crippen molar-refractivity contribution in [1.29, 1.82) is 0 Å². The fourth-order valence-corrected chi connectivity index (χ4v) is 1.65. The van der Waals surface area contributed by atoms with Gasteiger partial charge in [-0.25, -0.2) is 9.59 Å². The van der Waals surface area contributed by atoms with E-state index in [1.165, 1.54) is 0 Å². The molecule has 0 spiro atoms. The van der Waals surface area contributed by atoms with Crippen molar-refractivity contribution in [1.82, 2.24) is 10.6 Å². The lowest BCUT2D eigenvalue weighted by atomic mass is 10.1. The Kier molecular flexibility index (Phi) is 6.96. The maximum absolute atomic E-state index is 11.3. The van der Waals surface area contributed by atoms with Gasteiger partial charge in [0, 0.05) is 6.04 Å². The van der Waals surface area contributed by atoms with E-state index in [4.69, 9.17) is 24.5 Å². The van der Waals surface area contributed by atoms with E-state index in [0.29, 0.717) is 6.04 Å². The number of amides is 1. The summed E-state index contributed by atoms with van der Waals surface area (Å²) in [6.45, 7) is 2.25. The van der Waals surface area contributed by atoms with Crippen LogP contribution in [0.3, 0.4) is 0 Å². The zero-order valence-electron chi connectivity index (χ0n) is 11.1. The average Bonchev–Trinajstić information content (AvgIpc) is 3.22. The third kappa shape index (κ3) is 7.70. The molecule has 2 rings (SSSR count). The van der Waals surface area contributed by atoms with Crippen molar-refractivity contribution in [2.24, 2.45) is 0 Å². The van der Waals surface area contributed by atoms with Crippen LogP contribution in [0.15, 0.2) is 0 Å². The first-order chi connectivity index (χ1) is 9.49. The SMILES string of the molecule is O=C(COC1CCNCC1)NC1CC1.O=C(O)C(=O)O. The predicted molar refractivity (Wildman–Crippen MR) is 68.3 cm³/mol. The molecular formula is C12H20N2O6. The summed E-state index contributed by atoms with van der Waals surface area (Å²) in [7, 11) is 0. The van der Waals surface area contributed by atoms with E-state index in [2.05, 4.69) is 10.6 Å². The number of rotatable bonds is 4. The normalized spacial score (nSPS) is 18.6. The van der Waals surface area contributed by atoms with Crippen LogP contribution >= 0.6 is 0 Å². The molecule has 1 saturated carbocycles. The highest BCUT2D eigenvalue weighted by atomic mass is 16.5. The highest BCUT2D eigenvalue weighted by Crippen LogP contribution is 2.18. The van der Waals surface area contributed by atoms with Crippen LogP contribution in [0, 0.1) is 0 Å². The number of aliphatic carboxylic acids is 2. The molecule has 0 aromatic carbocycles.